The smallest absolute Gasteiger partial charge is 0.178 e. The molecule has 0 amide bonds. The van der Waals surface area contributed by atoms with Crippen molar-refractivity contribution in [3.63, 3.8) is 0 Å². The van der Waals surface area contributed by atoms with E-state index in [1.165, 1.54) is 5.56 Å². The molecule has 0 aliphatic heterocycles. The first kappa shape index (κ1) is 15.3. The zero-order chi connectivity index (χ0) is 17.2. The normalized spacial score (nSPS) is 11.2. The quantitative estimate of drug-likeness (QED) is 0.504. The fourth-order valence-corrected chi connectivity index (χ4v) is 2.91. The first-order valence-corrected chi connectivity index (χ1v) is 7.96. The van der Waals surface area contributed by atoms with Gasteiger partial charge >= 0.3 is 0 Å². The lowest BCUT2D eigenvalue weighted by atomic mass is 10.1. The van der Waals surface area contributed by atoms with Crippen LogP contribution in [0.25, 0.3) is 11.2 Å². The molecule has 1 aromatic carbocycles. The molecule has 0 fully saturated rings. The summed E-state index contributed by atoms with van der Waals surface area (Å²) in [5.74, 6) is 0.444. The molecular weight excluding hydrogens is 316 g/mol. The minimum Gasteiger partial charge on any atom is -0.384 e. The van der Waals surface area contributed by atoms with Gasteiger partial charge in [-0.15, -0.1) is 5.10 Å². The summed E-state index contributed by atoms with van der Waals surface area (Å²) in [6.07, 6.45) is 4.55. The molecule has 4 aromatic rings. The SMILES string of the molecule is NCc1cccc(Cn2cc(Cc3cc(N)nc4[nH]nnc34)cn2)c1. The Kier molecular flexibility index (Phi) is 3.87. The number of rotatable bonds is 5. The van der Waals surface area contributed by atoms with Gasteiger partial charge in [0.25, 0.3) is 0 Å². The number of benzene rings is 1. The minimum absolute atomic E-state index is 0.444. The number of nitrogens with one attached hydrogen (secondary N) is 1. The second-order valence-electron chi connectivity index (χ2n) is 5.96. The molecule has 126 valence electrons. The van der Waals surface area contributed by atoms with Crippen molar-refractivity contribution < 1.29 is 0 Å². The third kappa shape index (κ3) is 3.20. The van der Waals surface area contributed by atoms with Crippen LogP contribution in [0.5, 0.6) is 0 Å². The summed E-state index contributed by atoms with van der Waals surface area (Å²) >= 11 is 0. The Morgan fingerprint density at radius 1 is 1.12 bits per heavy atom. The molecule has 0 radical (unpaired) electrons. The van der Waals surface area contributed by atoms with Gasteiger partial charge in [0.1, 0.15) is 11.3 Å². The highest BCUT2D eigenvalue weighted by atomic mass is 15.3. The van der Waals surface area contributed by atoms with Crippen molar-refractivity contribution in [3.8, 4) is 0 Å². The Hall–Kier alpha value is -3.26. The Morgan fingerprint density at radius 2 is 2.00 bits per heavy atom. The van der Waals surface area contributed by atoms with Gasteiger partial charge in [0, 0.05) is 19.2 Å². The summed E-state index contributed by atoms with van der Waals surface area (Å²) in [6, 6.07) is 10.0. The predicted octanol–water partition coefficient (Wildman–Crippen LogP) is 1.23. The standard InChI is InChI=1S/C17H18N8/c18-7-11-2-1-3-12(4-11)9-25-10-13(8-20-25)5-14-6-15(19)21-17-16(14)22-24-23-17/h1-4,6,8,10H,5,7,9,18H2,(H3,19,21,22,23,24). The Balaban J connectivity index is 1.55. The van der Waals surface area contributed by atoms with Crippen LogP contribution < -0.4 is 11.5 Å². The molecule has 0 bridgehead atoms. The van der Waals surface area contributed by atoms with Gasteiger partial charge in [0.15, 0.2) is 5.65 Å². The predicted molar refractivity (Wildman–Crippen MR) is 94.6 cm³/mol. The highest BCUT2D eigenvalue weighted by Gasteiger charge is 2.10. The maximum atomic E-state index is 5.85. The van der Waals surface area contributed by atoms with Crippen LogP contribution in [0.4, 0.5) is 5.82 Å². The van der Waals surface area contributed by atoms with Crippen LogP contribution in [-0.2, 0) is 19.5 Å². The van der Waals surface area contributed by atoms with Crippen molar-refractivity contribution >= 4 is 17.0 Å². The number of nitrogens with two attached hydrogens (primary N) is 2. The molecule has 0 aliphatic carbocycles. The summed E-state index contributed by atoms with van der Waals surface area (Å²) in [4.78, 5) is 4.18. The van der Waals surface area contributed by atoms with Gasteiger partial charge in [-0.2, -0.15) is 5.10 Å². The molecule has 0 spiro atoms. The number of nitrogens with zero attached hydrogens (tertiary/aromatic N) is 5. The third-order valence-electron chi connectivity index (χ3n) is 4.05. The summed E-state index contributed by atoms with van der Waals surface area (Å²) < 4.78 is 1.91. The molecule has 8 nitrogen and oxygen atoms in total. The number of hydrogen-bond acceptors (Lipinski definition) is 6. The number of hydrogen-bond donors (Lipinski definition) is 3. The van der Waals surface area contributed by atoms with Crippen LogP contribution in [0.1, 0.15) is 22.3 Å². The average molecular weight is 334 g/mol. The molecule has 0 aliphatic rings. The van der Waals surface area contributed by atoms with Gasteiger partial charge in [-0.05, 0) is 28.3 Å². The van der Waals surface area contributed by atoms with Gasteiger partial charge in [-0.25, -0.2) is 10.1 Å². The van der Waals surface area contributed by atoms with Crippen LogP contribution in [0.2, 0.25) is 0 Å². The van der Waals surface area contributed by atoms with Crippen LogP contribution >= 0.6 is 0 Å². The van der Waals surface area contributed by atoms with E-state index in [1.807, 2.05) is 35.3 Å². The first-order valence-electron chi connectivity index (χ1n) is 7.96. The van der Waals surface area contributed by atoms with Crippen molar-refractivity contribution in [1.29, 1.82) is 0 Å². The van der Waals surface area contributed by atoms with Gasteiger partial charge in [0.2, 0.25) is 0 Å². The maximum absolute atomic E-state index is 5.85. The number of pyridine rings is 1. The lowest BCUT2D eigenvalue weighted by molar-refractivity contribution is 0.685. The van der Waals surface area contributed by atoms with Crippen molar-refractivity contribution in [2.45, 2.75) is 19.5 Å². The van der Waals surface area contributed by atoms with E-state index in [2.05, 4.69) is 37.6 Å². The maximum Gasteiger partial charge on any atom is 0.178 e. The van der Waals surface area contributed by atoms with E-state index in [9.17, 15) is 0 Å². The lowest BCUT2D eigenvalue weighted by Crippen LogP contribution is -2.02. The number of aromatic amines is 1. The molecule has 5 N–H and O–H groups in total. The summed E-state index contributed by atoms with van der Waals surface area (Å²) in [5.41, 5.74) is 17.2. The molecule has 0 saturated carbocycles. The van der Waals surface area contributed by atoms with E-state index in [1.54, 1.807) is 0 Å². The van der Waals surface area contributed by atoms with Crippen LogP contribution in [0, 0.1) is 0 Å². The third-order valence-corrected chi connectivity index (χ3v) is 4.05. The van der Waals surface area contributed by atoms with Gasteiger partial charge < -0.3 is 11.5 Å². The Labute approximate surface area is 143 Å². The summed E-state index contributed by atoms with van der Waals surface area (Å²) in [7, 11) is 0. The molecule has 3 aromatic heterocycles. The number of aromatic nitrogens is 6. The Bertz CT molecular complexity index is 1020. The van der Waals surface area contributed by atoms with Crippen molar-refractivity contribution in [1.82, 2.24) is 30.2 Å². The molecule has 8 heteroatoms. The highest BCUT2D eigenvalue weighted by molar-refractivity contribution is 5.76. The van der Waals surface area contributed by atoms with Gasteiger partial charge in [0.05, 0.1) is 12.7 Å². The first-order chi connectivity index (χ1) is 12.2. The van der Waals surface area contributed by atoms with E-state index in [-0.39, 0.29) is 0 Å². The van der Waals surface area contributed by atoms with Crippen molar-refractivity contribution in [3.05, 3.63) is 65.0 Å². The molecule has 0 saturated heterocycles. The van der Waals surface area contributed by atoms with Gasteiger partial charge in [-0.1, -0.05) is 29.5 Å². The molecule has 0 unspecified atom stereocenters. The van der Waals surface area contributed by atoms with Crippen LogP contribution in [0.3, 0.4) is 0 Å². The number of nitrogen functional groups attached to an aromatic ring is 1. The fourth-order valence-electron chi connectivity index (χ4n) is 2.91. The molecule has 25 heavy (non-hydrogen) atoms. The lowest BCUT2D eigenvalue weighted by Gasteiger charge is -2.04. The zero-order valence-electron chi connectivity index (χ0n) is 13.6. The summed E-state index contributed by atoms with van der Waals surface area (Å²) in [5, 5.41) is 15.1. The second-order valence-corrected chi connectivity index (χ2v) is 5.96. The molecular formula is C17H18N8. The topological polar surface area (TPSA) is 124 Å². The fraction of sp³-hybridized carbons (Fsp3) is 0.176. The van der Waals surface area contributed by atoms with Crippen molar-refractivity contribution in [2.75, 3.05) is 5.73 Å². The largest absolute Gasteiger partial charge is 0.384 e. The second kappa shape index (κ2) is 6.33. The summed E-state index contributed by atoms with van der Waals surface area (Å²) in [6.45, 7) is 1.24. The highest BCUT2D eigenvalue weighted by Crippen LogP contribution is 2.19. The van der Waals surface area contributed by atoms with E-state index >= 15 is 0 Å². The minimum atomic E-state index is 0.444. The monoisotopic (exact) mass is 334 g/mol. The molecule has 0 atom stereocenters. The van der Waals surface area contributed by atoms with Crippen molar-refractivity contribution in [2.24, 2.45) is 5.73 Å². The number of anilines is 1. The molecule has 4 rings (SSSR count). The zero-order valence-corrected chi connectivity index (χ0v) is 13.6. The van der Waals surface area contributed by atoms with E-state index < -0.39 is 0 Å². The number of H-pyrrole nitrogens is 1. The van der Waals surface area contributed by atoms with Crippen LogP contribution in [-0.4, -0.2) is 30.2 Å². The number of fused-ring (bicyclic) bond motifs is 1. The van der Waals surface area contributed by atoms with Gasteiger partial charge in [-0.3, -0.25) is 4.68 Å². The van der Waals surface area contributed by atoms with Crippen LogP contribution in [0.15, 0.2) is 42.7 Å². The van der Waals surface area contributed by atoms with E-state index in [4.69, 9.17) is 11.5 Å². The Morgan fingerprint density at radius 3 is 2.88 bits per heavy atom. The van der Waals surface area contributed by atoms with E-state index in [0.29, 0.717) is 31.0 Å². The van der Waals surface area contributed by atoms with E-state index in [0.717, 1.165) is 22.2 Å². The molecule has 3 heterocycles. The average Bonchev–Trinajstić information content (AvgIpc) is 3.24.